The van der Waals surface area contributed by atoms with Gasteiger partial charge < -0.3 is 10.1 Å². The van der Waals surface area contributed by atoms with Gasteiger partial charge in [-0.05, 0) is 37.8 Å². The number of ether oxygens (including phenoxy) is 1. The Morgan fingerprint density at radius 3 is 2.21 bits per heavy atom. The van der Waals surface area contributed by atoms with Crippen molar-refractivity contribution in [2.24, 2.45) is 0 Å². The van der Waals surface area contributed by atoms with Crippen LogP contribution in [-0.2, 0) is 14.3 Å². The lowest BCUT2D eigenvalue weighted by Gasteiger charge is -2.27. The highest BCUT2D eigenvalue weighted by molar-refractivity contribution is 6.25. The van der Waals surface area contributed by atoms with E-state index in [4.69, 9.17) is 4.74 Å². The molecule has 0 fully saturated rings. The van der Waals surface area contributed by atoms with Crippen LogP contribution in [0.25, 0.3) is 10.8 Å². The Balaban J connectivity index is 1.59. The Morgan fingerprint density at radius 2 is 1.64 bits per heavy atom. The smallest absolute Gasteiger partial charge is 0.306 e. The molecular weight excluding hydrogens is 360 g/mol. The van der Waals surface area contributed by atoms with Crippen LogP contribution in [0.3, 0.4) is 0 Å². The maximum absolute atomic E-state index is 12.7. The van der Waals surface area contributed by atoms with E-state index in [0.717, 1.165) is 10.3 Å². The van der Waals surface area contributed by atoms with Crippen LogP contribution in [0.15, 0.2) is 36.4 Å². The second-order valence-corrected chi connectivity index (χ2v) is 6.96. The van der Waals surface area contributed by atoms with Gasteiger partial charge in [0.15, 0.2) is 6.61 Å². The monoisotopic (exact) mass is 382 g/mol. The summed E-state index contributed by atoms with van der Waals surface area (Å²) in [5.74, 6) is -1.63. The fourth-order valence-electron chi connectivity index (χ4n) is 3.25. The summed E-state index contributed by atoms with van der Waals surface area (Å²) in [4.78, 5) is 49.9. The summed E-state index contributed by atoms with van der Waals surface area (Å²) in [6.45, 7) is 3.39. The molecule has 0 unspecified atom stereocenters. The number of imide groups is 1. The molecule has 2 aromatic rings. The van der Waals surface area contributed by atoms with Gasteiger partial charge in [-0.15, -0.1) is 0 Å². The van der Waals surface area contributed by atoms with Gasteiger partial charge in [0.1, 0.15) is 0 Å². The Hall–Kier alpha value is -3.22. The molecule has 2 aromatic carbocycles. The maximum Gasteiger partial charge on any atom is 0.306 e. The molecule has 3 amide bonds. The number of benzene rings is 2. The Morgan fingerprint density at radius 1 is 1.04 bits per heavy atom. The van der Waals surface area contributed by atoms with Crippen LogP contribution in [-0.4, -0.2) is 47.8 Å². The molecule has 1 aliphatic rings. The highest BCUT2D eigenvalue weighted by Crippen LogP contribution is 2.30. The minimum absolute atomic E-state index is 0.0118. The van der Waals surface area contributed by atoms with Crippen LogP contribution < -0.4 is 5.32 Å². The van der Waals surface area contributed by atoms with Gasteiger partial charge in [-0.25, -0.2) is 0 Å². The molecule has 0 aliphatic carbocycles. The molecule has 0 atom stereocenters. The van der Waals surface area contributed by atoms with Crippen LogP contribution >= 0.6 is 0 Å². The van der Waals surface area contributed by atoms with Crippen molar-refractivity contribution in [3.8, 4) is 0 Å². The van der Waals surface area contributed by atoms with Gasteiger partial charge >= 0.3 is 5.97 Å². The Labute approximate surface area is 162 Å². The SMILES string of the molecule is CC(C)NC(=O)COC(=O)CCCN1C(=O)c2cccc3cccc(c23)C1=O. The number of rotatable bonds is 7. The lowest BCUT2D eigenvalue weighted by molar-refractivity contribution is -0.148. The highest BCUT2D eigenvalue weighted by atomic mass is 16.5. The van der Waals surface area contributed by atoms with Crippen molar-refractivity contribution in [2.75, 3.05) is 13.2 Å². The Kier molecular flexibility index (Phi) is 5.73. The summed E-state index contributed by atoms with van der Waals surface area (Å²) in [6, 6.07) is 10.7. The van der Waals surface area contributed by atoms with E-state index in [2.05, 4.69) is 5.32 Å². The summed E-state index contributed by atoms with van der Waals surface area (Å²) >= 11 is 0. The molecule has 3 rings (SSSR count). The molecule has 0 aromatic heterocycles. The van der Waals surface area contributed by atoms with E-state index in [1.165, 1.54) is 0 Å². The number of nitrogens with one attached hydrogen (secondary N) is 1. The third-order valence-electron chi connectivity index (χ3n) is 4.43. The van der Waals surface area contributed by atoms with Crippen molar-refractivity contribution < 1.29 is 23.9 Å². The number of amides is 3. The van der Waals surface area contributed by atoms with Crippen molar-refractivity contribution >= 4 is 34.5 Å². The lowest BCUT2D eigenvalue weighted by Crippen LogP contribution is -2.41. The van der Waals surface area contributed by atoms with Gasteiger partial charge in [0.2, 0.25) is 0 Å². The van der Waals surface area contributed by atoms with Crippen molar-refractivity contribution in [3.05, 3.63) is 47.5 Å². The maximum atomic E-state index is 12.7. The first-order valence-corrected chi connectivity index (χ1v) is 9.21. The number of hydrogen-bond donors (Lipinski definition) is 1. The molecule has 7 nitrogen and oxygen atoms in total. The molecule has 0 saturated heterocycles. The van der Waals surface area contributed by atoms with Crippen LogP contribution in [0.1, 0.15) is 47.4 Å². The summed E-state index contributed by atoms with van der Waals surface area (Å²) < 4.78 is 4.91. The number of hydrogen-bond acceptors (Lipinski definition) is 5. The van der Waals surface area contributed by atoms with Crippen molar-refractivity contribution in [1.82, 2.24) is 10.2 Å². The summed E-state index contributed by atoms with van der Waals surface area (Å²) in [6.07, 6.45) is 0.276. The second kappa shape index (κ2) is 8.21. The fourth-order valence-corrected chi connectivity index (χ4v) is 3.25. The molecule has 7 heteroatoms. The summed E-state index contributed by atoms with van der Waals surface area (Å²) in [5, 5.41) is 4.14. The number of esters is 1. The molecule has 1 heterocycles. The van der Waals surface area contributed by atoms with Crippen LogP contribution in [0.5, 0.6) is 0 Å². The zero-order valence-electron chi connectivity index (χ0n) is 15.9. The van der Waals surface area contributed by atoms with Crippen LogP contribution in [0.2, 0.25) is 0 Å². The molecule has 0 radical (unpaired) electrons. The molecular formula is C21H22N2O5. The zero-order chi connectivity index (χ0) is 20.3. The van der Waals surface area contributed by atoms with Crippen LogP contribution in [0.4, 0.5) is 0 Å². The zero-order valence-corrected chi connectivity index (χ0v) is 15.9. The van der Waals surface area contributed by atoms with Crippen LogP contribution in [0, 0.1) is 0 Å². The number of carbonyl (C=O) groups is 4. The van der Waals surface area contributed by atoms with E-state index >= 15 is 0 Å². The van der Waals surface area contributed by atoms with E-state index in [9.17, 15) is 19.2 Å². The first-order valence-electron chi connectivity index (χ1n) is 9.21. The largest absolute Gasteiger partial charge is 0.456 e. The van der Waals surface area contributed by atoms with Gasteiger partial charge in [0.05, 0.1) is 0 Å². The average Bonchev–Trinajstić information content (AvgIpc) is 2.66. The van der Waals surface area contributed by atoms with Crippen molar-refractivity contribution in [3.63, 3.8) is 0 Å². The quantitative estimate of drug-likeness (QED) is 0.586. The van der Waals surface area contributed by atoms with Crippen molar-refractivity contribution in [1.29, 1.82) is 0 Å². The minimum Gasteiger partial charge on any atom is -0.456 e. The van der Waals surface area contributed by atoms with E-state index in [0.29, 0.717) is 16.5 Å². The number of nitrogens with zero attached hydrogens (tertiary/aromatic N) is 1. The predicted octanol–water partition coefficient (Wildman–Crippen LogP) is 2.28. The first kappa shape index (κ1) is 19.5. The average molecular weight is 382 g/mol. The minimum atomic E-state index is -0.543. The second-order valence-electron chi connectivity index (χ2n) is 6.96. The fraction of sp³-hybridized carbons (Fsp3) is 0.333. The van der Waals surface area contributed by atoms with Gasteiger partial charge in [0.25, 0.3) is 17.7 Å². The molecule has 0 saturated carbocycles. The standard InChI is InChI=1S/C21H22N2O5/c1-13(2)22-17(24)12-28-18(25)10-5-11-23-20(26)15-8-3-6-14-7-4-9-16(19(14)15)21(23)27/h3-4,6-9,13H,5,10-12H2,1-2H3,(H,22,24). The topological polar surface area (TPSA) is 92.8 Å². The van der Waals surface area contributed by atoms with E-state index in [-0.39, 0.29) is 49.8 Å². The first-order chi connectivity index (χ1) is 13.4. The third-order valence-corrected chi connectivity index (χ3v) is 4.43. The molecule has 0 spiro atoms. The predicted molar refractivity (Wildman–Crippen MR) is 103 cm³/mol. The molecule has 0 bridgehead atoms. The normalized spacial score (nSPS) is 13.2. The van der Waals surface area contributed by atoms with E-state index < -0.39 is 5.97 Å². The summed E-state index contributed by atoms with van der Waals surface area (Å²) in [7, 11) is 0. The molecule has 1 aliphatic heterocycles. The van der Waals surface area contributed by atoms with E-state index in [1.807, 2.05) is 26.0 Å². The highest BCUT2D eigenvalue weighted by Gasteiger charge is 2.32. The molecule has 146 valence electrons. The Bertz CT molecular complexity index is 900. The lowest BCUT2D eigenvalue weighted by atomic mass is 9.94. The third kappa shape index (κ3) is 4.03. The van der Waals surface area contributed by atoms with Crippen molar-refractivity contribution in [2.45, 2.75) is 32.7 Å². The summed E-state index contributed by atoms with van der Waals surface area (Å²) in [5.41, 5.74) is 0.973. The van der Waals surface area contributed by atoms with E-state index in [1.54, 1.807) is 24.3 Å². The van der Waals surface area contributed by atoms with Gasteiger partial charge in [-0.2, -0.15) is 0 Å². The van der Waals surface area contributed by atoms with Gasteiger partial charge in [-0.3, -0.25) is 24.1 Å². The van der Waals surface area contributed by atoms with Gasteiger partial charge in [-0.1, -0.05) is 24.3 Å². The van der Waals surface area contributed by atoms with Gasteiger partial charge in [0, 0.05) is 35.5 Å². The molecule has 1 N–H and O–H groups in total. The number of carbonyl (C=O) groups excluding carboxylic acids is 4. The molecule has 28 heavy (non-hydrogen) atoms.